The highest BCUT2D eigenvalue weighted by Crippen LogP contribution is 2.54. The molecule has 1 aliphatic carbocycles. The minimum Gasteiger partial charge on any atom is -0.370 e. The van der Waals surface area contributed by atoms with E-state index in [2.05, 4.69) is 66.0 Å². The Kier molecular flexibility index (Phi) is 4.54. The molecule has 2 aromatic heterocycles. The summed E-state index contributed by atoms with van der Waals surface area (Å²) in [5.41, 5.74) is 5.10. The van der Waals surface area contributed by atoms with Crippen molar-refractivity contribution in [2.45, 2.75) is 32.6 Å². The van der Waals surface area contributed by atoms with Gasteiger partial charge in [0.15, 0.2) is 0 Å². The molecule has 1 saturated carbocycles. The Balaban J connectivity index is 1.49. The van der Waals surface area contributed by atoms with Crippen molar-refractivity contribution >= 4 is 39.9 Å². The molecule has 0 amide bonds. The first-order chi connectivity index (χ1) is 13.5. The summed E-state index contributed by atoms with van der Waals surface area (Å²) in [6.45, 7) is 4.10. The van der Waals surface area contributed by atoms with Gasteiger partial charge in [0.2, 0.25) is 5.28 Å². The number of aryl methyl sites for hydroxylation is 1. The molecule has 1 aliphatic heterocycles. The van der Waals surface area contributed by atoms with E-state index in [1.165, 1.54) is 34.9 Å². The van der Waals surface area contributed by atoms with Crippen LogP contribution in [0.2, 0.25) is 5.28 Å². The van der Waals surface area contributed by atoms with Crippen molar-refractivity contribution in [1.29, 1.82) is 0 Å². The van der Waals surface area contributed by atoms with Crippen LogP contribution in [0.3, 0.4) is 0 Å². The Labute approximate surface area is 182 Å². The van der Waals surface area contributed by atoms with Crippen molar-refractivity contribution in [3.63, 3.8) is 0 Å². The van der Waals surface area contributed by atoms with Crippen molar-refractivity contribution in [3.8, 4) is 17.1 Å². The maximum atomic E-state index is 6.01. The molecule has 1 saturated heterocycles. The average Bonchev–Trinajstić information content (AvgIpc) is 3.24. The Hall–Kier alpha value is -1.74. The lowest BCUT2D eigenvalue weighted by molar-refractivity contribution is 0.384. The van der Waals surface area contributed by atoms with Crippen molar-refractivity contribution in [2.24, 2.45) is 5.41 Å². The summed E-state index contributed by atoms with van der Waals surface area (Å²) in [5.74, 6) is 0. The summed E-state index contributed by atoms with van der Waals surface area (Å²) in [6.07, 6.45) is 7.31. The topological polar surface area (TPSA) is 59.7 Å². The van der Waals surface area contributed by atoms with Gasteiger partial charge in [0.25, 0.3) is 0 Å². The zero-order valence-electron chi connectivity index (χ0n) is 15.6. The first kappa shape index (κ1) is 18.3. The van der Waals surface area contributed by atoms with E-state index in [4.69, 9.17) is 11.6 Å². The summed E-state index contributed by atoms with van der Waals surface area (Å²) in [4.78, 5) is 10.9. The fourth-order valence-corrected chi connectivity index (χ4v) is 4.70. The number of anilines is 1. The number of nitrogens with zero attached hydrogens (tertiary/aromatic N) is 6. The van der Waals surface area contributed by atoms with Gasteiger partial charge in [0, 0.05) is 22.4 Å². The third-order valence-electron chi connectivity index (χ3n) is 5.89. The maximum Gasteiger partial charge on any atom is 0.223 e. The zero-order valence-corrected chi connectivity index (χ0v) is 18.5. The molecule has 1 aromatic carbocycles. The van der Waals surface area contributed by atoms with Crippen LogP contribution in [0.4, 0.5) is 5.69 Å². The number of rotatable bonds is 3. The molecule has 0 N–H and O–H groups in total. The smallest absolute Gasteiger partial charge is 0.223 e. The molecule has 1 spiro atoms. The SMILES string of the molecule is Cc1cc(-c2cn(-c3ccc(I)cc3N3CCC4(CC3)CC4)nn2)nc(Cl)n1. The van der Waals surface area contributed by atoms with Gasteiger partial charge < -0.3 is 4.90 Å². The largest absolute Gasteiger partial charge is 0.370 e. The van der Waals surface area contributed by atoms with Gasteiger partial charge in [-0.3, -0.25) is 0 Å². The molecule has 2 fully saturated rings. The number of benzene rings is 1. The first-order valence-electron chi connectivity index (χ1n) is 9.50. The number of aromatic nitrogens is 5. The first-order valence-corrected chi connectivity index (χ1v) is 11.0. The van der Waals surface area contributed by atoms with Gasteiger partial charge in [0.1, 0.15) is 5.69 Å². The van der Waals surface area contributed by atoms with Gasteiger partial charge >= 0.3 is 0 Å². The van der Waals surface area contributed by atoms with E-state index >= 15 is 0 Å². The lowest BCUT2D eigenvalue weighted by Crippen LogP contribution is -2.35. The molecular weight excluding hydrogens is 487 g/mol. The second kappa shape index (κ2) is 6.95. The summed E-state index contributed by atoms with van der Waals surface area (Å²) in [5, 5.41) is 8.94. The summed E-state index contributed by atoms with van der Waals surface area (Å²) in [7, 11) is 0. The Morgan fingerprint density at radius 3 is 2.50 bits per heavy atom. The van der Waals surface area contributed by atoms with Crippen LogP contribution >= 0.6 is 34.2 Å². The standard InChI is InChI=1S/C20H20ClIN6/c1-13-10-15(24-19(21)23-13)16-12-28(26-25-16)17-3-2-14(22)11-18(17)27-8-6-20(4-5-20)7-9-27/h2-3,10-12H,4-9H2,1H3. The second-order valence-electron chi connectivity index (χ2n) is 7.83. The van der Waals surface area contributed by atoms with Crippen LogP contribution in [0.25, 0.3) is 17.1 Å². The van der Waals surface area contributed by atoms with Gasteiger partial charge in [-0.2, -0.15) is 0 Å². The van der Waals surface area contributed by atoms with Crippen molar-refractivity contribution in [3.05, 3.63) is 45.0 Å². The Bertz CT molecular complexity index is 1010. The van der Waals surface area contributed by atoms with E-state index in [0.717, 1.165) is 24.5 Å². The molecule has 0 bridgehead atoms. The molecule has 28 heavy (non-hydrogen) atoms. The summed E-state index contributed by atoms with van der Waals surface area (Å²) >= 11 is 8.39. The second-order valence-corrected chi connectivity index (χ2v) is 9.42. The minimum atomic E-state index is 0.224. The molecule has 6 nitrogen and oxygen atoms in total. The quantitative estimate of drug-likeness (QED) is 0.382. The van der Waals surface area contributed by atoms with Crippen LogP contribution < -0.4 is 4.90 Å². The van der Waals surface area contributed by atoms with Gasteiger partial charge in [0.05, 0.1) is 23.3 Å². The molecule has 2 aliphatic rings. The van der Waals surface area contributed by atoms with E-state index in [1.54, 1.807) is 0 Å². The summed E-state index contributed by atoms with van der Waals surface area (Å²) in [6, 6.07) is 8.34. The zero-order chi connectivity index (χ0) is 19.3. The van der Waals surface area contributed by atoms with Gasteiger partial charge in [-0.05, 0) is 96.5 Å². The summed E-state index contributed by atoms with van der Waals surface area (Å²) < 4.78 is 3.06. The van der Waals surface area contributed by atoms with Crippen LogP contribution in [-0.2, 0) is 0 Å². The van der Waals surface area contributed by atoms with Crippen molar-refractivity contribution < 1.29 is 0 Å². The fourth-order valence-electron chi connectivity index (χ4n) is 4.00. The minimum absolute atomic E-state index is 0.224. The molecule has 0 atom stereocenters. The van der Waals surface area contributed by atoms with Gasteiger partial charge in [-0.1, -0.05) is 5.21 Å². The van der Waals surface area contributed by atoms with Gasteiger partial charge in [-0.25, -0.2) is 14.6 Å². The number of hydrogen-bond acceptors (Lipinski definition) is 5. The predicted octanol–water partition coefficient (Wildman–Crippen LogP) is 4.67. The highest BCUT2D eigenvalue weighted by Gasteiger charge is 2.44. The van der Waals surface area contributed by atoms with E-state index in [-0.39, 0.29) is 5.28 Å². The third kappa shape index (κ3) is 3.50. The molecular formula is C20H20ClIN6. The normalized spacial score (nSPS) is 17.9. The number of hydrogen-bond donors (Lipinski definition) is 0. The fraction of sp³-hybridized carbons (Fsp3) is 0.400. The number of piperidine rings is 1. The van der Waals surface area contributed by atoms with E-state index in [0.29, 0.717) is 16.8 Å². The molecule has 5 rings (SSSR count). The monoisotopic (exact) mass is 506 g/mol. The van der Waals surface area contributed by atoms with Crippen molar-refractivity contribution in [2.75, 3.05) is 18.0 Å². The highest BCUT2D eigenvalue weighted by atomic mass is 127. The Morgan fingerprint density at radius 2 is 1.79 bits per heavy atom. The van der Waals surface area contributed by atoms with Crippen LogP contribution in [-0.4, -0.2) is 38.1 Å². The molecule has 0 radical (unpaired) electrons. The third-order valence-corrected chi connectivity index (χ3v) is 6.73. The van der Waals surface area contributed by atoms with E-state index in [9.17, 15) is 0 Å². The molecule has 3 aromatic rings. The average molecular weight is 507 g/mol. The van der Waals surface area contributed by atoms with Crippen LogP contribution in [0.5, 0.6) is 0 Å². The Morgan fingerprint density at radius 1 is 1.00 bits per heavy atom. The van der Waals surface area contributed by atoms with Crippen molar-refractivity contribution in [1.82, 2.24) is 25.0 Å². The maximum absolute atomic E-state index is 6.01. The van der Waals surface area contributed by atoms with E-state index < -0.39 is 0 Å². The molecule has 3 heterocycles. The highest BCUT2D eigenvalue weighted by molar-refractivity contribution is 14.1. The molecule has 0 unspecified atom stereocenters. The molecule has 144 valence electrons. The van der Waals surface area contributed by atoms with Gasteiger partial charge in [-0.15, -0.1) is 5.10 Å². The number of halogens is 2. The van der Waals surface area contributed by atoms with Crippen LogP contribution in [0.15, 0.2) is 30.5 Å². The predicted molar refractivity (Wildman–Crippen MR) is 118 cm³/mol. The lowest BCUT2D eigenvalue weighted by Gasteiger charge is -2.35. The van der Waals surface area contributed by atoms with Crippen LogP contribution in [0.1, 0.15) is 31.4 Å². The van der Waals surface area contributed by atoms with E-state index in [1.807, 2.05) is 23.9 Å². The lowest BCUT2D eigenvalue weighted by atomic mass is 9.93. The molecule has 8 heteroatoms. The van der Waals surface area contributed by atoms with Crippen LogP contribution in [0, 0.1) is 15.9 Å².